The maximum absolute atomic E-state index is 13.7. The van der Waals surface area contributed by atoms with Gasteiger partial charge in [-0.05, 0) is 23.8 Å². The maximum Gasteiger partial charge on any atom is 0.333 e. The molecule has 2 atom stereocenters. The van der Waals surface area contributed by atoms with Crippen molar-refractivity contribution in [2.45, 2.75) is 32.4 Å². The van der Waals surface area contributed by atoms with E-state index < -0.39 is 23.7 Å². The zero-order valence-corrected chi connectivity index (χ0v) is 20.5. The first-order chi connectivity index (χ1) is 17.9. The highest BCUT2D eigenvalue weighted by molar-refractivity contribution is 5.97. The van der Waals surface area contributed by atoms with Gasteiger partial charge in [0.05, 0.1) is 13.1 Å². The smallest absolute Gasteiger partial charge is 0.333 e. The Morgan fingerprint density at radius 1 is 0.895 bits per heavy atom. The number of fused-ring (bicyclic) bond motifs is 3. The second-order valence-electron chi connectivity index (χ2n) is 10.1. The monoisotopic (exact) mass is 517 g/mol. The van der Waals surface area contributed by atoms with Gasteiger partial charge in [0, 0.05) is 29.9 Å². The minimum absolute atomic E-state index is 0. The molecule has 3 heterocycles. The number of carbonyl (C=O) groups excluding carboxylic acids is 3. The van der Waals surface area contributed by atoms with Gasteiger partial charge in [0.15, 0.2) is 12.1 Å². The van der Waals surface area contributed by atoms with Gasteiger partial charge in [0.2, 0.25) is 5.78 Å². The normalized spacial score (nSPS) is 22.6. The Balaban J connectivity index is 0.00000336. The number of nitrogens with one attached hydrogen (secondary N) is 1. The highest BCUT2D eigenvalue weighted by Crippen LogP contribution is 2.36. The Kier molecular flexibility index (Phi) is 8.37. The van der Waals surface area contributed by atoms with Crippen molar-refractivity contribution in [2.24, 2.45) is 5.92 Å². The Bertz CT molecular complexity index is 1270. The molecule has 7 heteroatoms. The Labute approximate surface area is 223 Å². The molecule has 0 radical (unpaired) electrons. The van der Waals surface area contributed by atoms with Crippen LogP contribution in [0, 0.1) is 11.7 Å². The van der Waals surface area contributed by atoms with E-state index in [9.17, 15) is 18.8 Å². The summed E-state index contributed by atoms with van der Waals surface area (Å²) in [5.74, 6) is -1.32. The zero-order chi connectivity index (χ0) is 25.8. The minimum atomic E-state index is -1.04. The fraction of sp³-hybridized carbons (Fsp3) is 0.323. The van der Waals surface area contributed by atoms with Gasteiger partial charge in [0.1, 0.15) is 18.9 Å². The highest BCUT2D eigenvalue weighted by Gasteiger charge is 2.49. The third kappa shape index (κ3) is 6.00. The third-order valence-electron chi connectivity index (χ3n) is 7.61. The number of hydrogen-bond donors (Lipinski definition) is 1. The molecule has 2 bridgehead atoms. The fourth-order valence-corrected chi connectivity index (χ4v) is 5.58. The van der Waals surface area contributed by atoms with Crippen LogP contribution in [0.3, 0.4) is 0 Å². The molecule has 3 aromatic rings. The van der Waals surface area contributed by atoms with Crippen LogP contribution in [-0.4, -0.2) is 54.4 Å². The van der Waals surface area contributed by atoms with Crippen LogP contribution < -0.4 is 5.32 Å². The van der Waals surface area contributed by atoms with Crippen molar-refractivity contribution in [2.75, 3.05) is 26.2 Å². The number of rotatable bonds is 8. The average molecular weight is 518 g/mol. The first-order valence-corrected chi connectivity index (χ1v) is 12.7. The van der Waals surface area contributed by atoms with E-state index in [0.717, 1.165) is 32.0 Å². The van der Waals surface area contributed by atoms with E-state index in [4.69, 9.17) is 4.74 Å². The zero-order valence-electron chi connectivity index (χ0n) is 20.5. The van der Waals surface area contributed by atoms with Crippen LogP contribution in [0.15, 0.2) is 84.9 Å². The topological polar surface area (TPSA) is 72.5 Å². The van der Waals surface area contributed by atoms with Crippen LogP contribution in [-0.2, 0) is 9.53 Å². The molecule has 3 aliphatic rings. The Hall–Kier alpha value is -3.84. The molecule has 3 aromatic carbocycles. The summed E-state index contributed by atoms with van der Waals surface area (Å²) in [6, 6.07) is 22.5. The SMILES string of the molecule is C.O=C(C[N+]12CCC(CC1)[C@@H](OC(=O)C(NC(=O)c1cccc(F)c1)c1ccccc1)C2)c1ccccc1. The Morgan fingerprint density at radius 3 is 2.18 bits per heavy atom. The molecule has 3 aliphatic heterocycles. The van der Waals surface area contributed by atoms with Crippen molar-refractivity contribution in [1.29, 1.82) is 0 Å². The van der Waals surface area contributed by atoms with Crippen LogP contribution in [0.1, 0.15) is 52.6 Å². The molecule has 0 aromatic heterocycles. The van der Waals surface area contributed by atoms with Crippen molar-refractivity contribution in [3.8, 4) is 0 Å². The molecular weight excluding hydrogens is 483 g/mol. The van der Waals surface area contributed by atoms with E-state index in [1.54, 1.807) is 24.3 Å². The van der Waals surface area contributed by atoms with E-state index in [2.05, 4.69) is 5.32 Å². The summed E-state index contributed by atoms with van der Waals surface area (Å²) in [5, 5.41) is 2.73. The van der Waals surface area contributed by atoms with Gasteiger partial charge < -0.3 is 14.5 Å². The summed E-state index contributed by atoms with van der Waals surface area (Å²) < 4.78 is 20.3. The summed E-state index contributed by atoms with van der Waals surface area (Å²) in [6.45, 7) is 2.73. The lowest BCUT2D eigenvalue weighted by Crippen LogP contribution is -2.66. The second-order valence-corrected chi connectivity index (χ2v) is 10.1. The van der Waals surface area contributed by atoms with Crippen LogP contribution in [0.25, 0.3) is 0 Å². The molecule has 0 aliphatic carbocycles. The number of benzene rings is 3. The van der Waals surface area contributed by atoms with Gasteiger partial charge in [-0.2, -0.15) is 0 Å². The van der Waals surface area contributed by atoms with Gasteiger partial charge in [-0.25, -0.2) is 9.18 Å². The van der Waals surface area contributed by atoms with Crippen molar-refractivity contribution in [1.82, 2.24) is 5.32 Å². The lowest BCUT2D eigenvalue weighted by Gasteiger charge is -2.51. The van der Waals surface area contributed by atoms with E-state index in [0.29, 0.717) is 28.7 Å². The molecule has 6 rings (SSSR count). The number of esters is 1. The number of ketones is 1. The molecule has 1 N–H and O–H groups in total. The van der Waals surface area contributed by atoms with Gasteiger partial charge in [-0.3, -0.25) is 9.59 Å². The van der Waals surface area contributed by atoms with Crippen molar-refractivity contribution in [3.05, 3.63) is 107 Å². The van der Waals surface area contributed by atoms with Crippen LogP contribution in [0.2, 0.25) is 0 Å². The highest BCUT2D eigenvalue weighted by atomic mass is 19.1. The van der Waals surface area contributed by atoms with Gasteiger partial charge in [0.25, 0.3) is 5.91 Å². The quantitative estimate of drug-likeness (QED) is 0.260. The molecule has 3 fully saturated rings. The fourth-order valence-electron chi connectivity index (χ4n) is 5.58. The molecule has 198 valence electrons. The average Bonchev–Trinajstić information content (AvgIpc) is 2.93. The number of hydrogen-bond acceptors (Lipinski definition) is 4. The van der Waals surface area contributed by atoms with Crippen LogP contribution in [0.4, 0.5) is 4.39 Å². The molecular formula is C31H34FN2O4+. The summed E-state index contributed by atoms with van der Waals surface area (Å²) >= 11 is 0. The molecule has 0 spiro atoms. The number of carbonyl (C=O) groups is 3. The molecule has 1 amide bonds. The lowest BCUT2D eigenvalue weighted by molar-refractivity contribution is -0.938. The maximum atomic E-state index is 13.7. The standard InChI is InChI=1S/C30H29FN2O4.CH4/c31-25-13-7-12-24(18-25)29(35)32-28(23-10-5-2-6-11-23)30(36)37-27-20-33(16-14-22(27)15-17-33)19-26(34)21-8-3-1-4-9-21;/h1-13,18,22,27-28H,14-17,19-20H2;1H4/p+1/t22?,27-,28?,33?;/m0./s1. The predicted molar refractivity (Wildman–Crippen MR) is 143 cm³/mol. The number of Topliss-reactive ketones (excluding diaryl/α,β-unsaturated/α-hetero) is 1. The molecule has 0 saturated carbocycles. The summed E-state index contributed by atoms with van der Waals surface area (Å²) in [7, 11) is 0. The molecule has 38 heavy (non-hydrogen) atoms. The number of piperidine rings is 3. The second kappa shape index (κ2) is 11.7. The summed E-state index contributed by atoms with van der Waals surface area (Å²) in [6.07, 6.45) is 1.42. The van der Waals surface area contributed by atoms with E-state index in [-0.39, 0.29) is 30.8 Å². The van der Waals surface area contributed by atoms with E-state index in [1.165, 1.54) is 18.2 Å². The Morgan fingerprint density at radius 2 is 1.53 bits per heavy atom. The van der Waals surface area contributed by atoms with Crippen molar-refractivity contribution < 1.29 is 28.0 Å². The number of halogens is 1. The largest absolute Gasteiger partial charge is 0.454 e. The van der Waals surface area contributed by atoms with Gasteiger partial charge in [-0.15, -0.1) is 0 Å². The van der Waals surface area contributed by atoms with Crippen molar-refractivity contribution >= 4 is 17.7 Å². The first-order valence-electron chi connectivity index (χ1n) is 12.7. The van der Waals surface area contributed by atoms with Gasteiger partial charge in [-0.1, -0.05) is 74.2 Å². The molecule has 3 saturated heterocycles. The number of amides is 1. The minimum Gasteiger partial charge on any atom is -0.454 e. The van der Waals surface area contributed by atoms with E-state index in [1.807, 2.05) is 36.4 Å². The first kappa shape index (κ1) is 27.2. The molecule has 6 nitrogen and oxygen atoms in total. The summed E-state index contributed by atoms with van der Waals surface area (Å²) in [4.78, 5) is 39.4. The van der Waals surface area contributed by atoms with Gasteiger partial charge >= 0.3 is 5.97 Å². The molecule has 1 unspecified atom stereocenters. The summed E-state index contributed by atoms with van der Waals surface area (Å²) in [5.41, 5.74) is 1.41. The van der Waals surface area contributed by atoms with Crippen molar-refractivity contribution in [3.63, 3.8) is 0 Å². The number of ether oxygens (including phenoxy) is 1. The number of quaternary nitrogens is 1. The van der Waals surface area contributed by atoms with Crippen LogP contribution >= 0.6 is 0 Å². The third-order valence-corrected chi connectivity index (χ3v) is 7.61. The number of nitrogens with zero attached hydrogens (tertiary/aromatic N) is 1. The lowest BCUT2D eigenvalue weighted by atomic mass is 9.82. The van der Waals surface area contributed by atoms with Crippen LogP contribution in [0.5, 0.6) is 0 Å². The van der Waals surface area contributed by atoms with E-state index >= 15 is 0 Å². The predicted octanol–water partition coefficient (Wildman–Crippen LogP) is 4.97.